The smallest absolute Gasteiger partial charge is 0.265 e. The molecular formula is C27H31N3O3. The maximum atomic E-state index is 13.0. The lowest BCUT2D eigenvalue weighted by molar-refractivity contribution is -0.122. The first-order valence-corrected chi connectivity index (χ1v) is 11.1. The first kappa shape index (κ1) is 24.0. The van der Waals surface area contributed by atoms with E-state index >= 15 is 0 Å². The van der Waals surface area contributed by atoms with E-state index in [1.165, 1.54) is 5.56 Å². The van der Waals surface area contributed by atoms with Crippen molar-refractivity contribution in [1.29, 1.82) is 0 Å². The fourth-order valence-electron chi connectivity index (χ4n) is 3.30. The lowest BCUT2D eigenvalue weighted by atomic mass is 9.87. The van der Waals surface area contributed by atoms with Crippen LogP contribution in [-0.2, 0) is 16.8 Å². The molecule has 172 valence electrons. The minimum absolute atomic E-state index is 0.0430. The Balaban J connectivity index is 1.66. The molecule has 2 amide bonds. The maximum Gasteiger partial charge on any atom is 0.265 e. The van der Waals surface area contributed by atoms with Gasteiger partial charge in [-0.2, -0.15) is 0 Å². The second-order valence-corrected chi connectivity index (χ2v) is 8.87. The van der Waals surface area contributed by atoms with Gasteiger partial charge >= 0.3 is 0 Å². The summed E-state index contributed by atoms with van der Waals surface area (Å²) in [5.41, 5.74) is 2.96. The molecule has 0 saturated carbocycles. The summed E-state index contributed by atoms with van der Waals surface area (Å²) >= 11 is 0. The molecule has 0 aliphatic carbocycles. The van der Waals surface area contributed by atoms with E-state index in [4.69, 9.17) is 4.74 Å². The van der Waals surface area contributed by atoms with Gasteiger partial charge in [-0.05, 0) is 53.3 Å². The van der Waals surface area contributed by atoms with E-state index in [0.717, 1.165) is 5.56 Å². The van der Waals surface area contributed by atoms with Gasteiger partial charge in [-0.15, -0.1) is 0 Å². The maximum absolute atomic E-state index is 13.0. The van der Waals surface area contributed by atoms with E-state index in [1.54, 1.807) is 36.7 Å². The van der Waals surface area contributed by atoms with Crippen LogP contribution < -0.4 is 15.4 Å². The van der Waals surface area contributed by atoms with Crippen LogP contribution in [-0.4, -0.2) is 22.9 Å². The number of amides is 2. The molecule has 3 rings (SSSR count). The summed E-state index contributed by atoms with van der Waals surface area (Å²) in [5.74, 6) is 0.0545. The summed E-state index contributed by atoms with van der Waals surface area (Å²) in [4.78, 5) is 29.8. The molecule has 1 heterocycles. The molecule has 6 nitrogen and oxygen atoms in total. The van der Waals surface area contributed by atoms with Gasteiger partial charge in [0.15, 0.2) is 6.10 Å². The predicted molar refractivity (Wildman–Crippen MR) is 130 cm³/mol. The highest BCUT2D eigenvalue weighted by molar-refractivity contribution is 6.04. The van der Waals surface area contributed by atoms with Crippen LogP contribution in [0.25, 0.3) is 0 Å². The molecule has 0 aliphatic rings. The number of anilines is 1. The number of benzene rings is 2. The van der Waals surface area contributed by atoms with E-state index in [2.05, 4.69) is 36.4 Å². The largest absolute Gasteiger partial charge is 0.481 e. The molecule has 0 radical (unpaired) electrons. The molecule has 33 heavy (non-hydrogen) atoms. The van der Waals surface area contributed by atoms with Crippen LogP contribution in [0.3, 0.4) is 0 Å². The number of pyridine rings is 1. The molecule has 1 atom stereocenters. The van der Waals surface area contributed by atoms with E-state index in [0.29, 0.717) is 30.0 Å². The summed E-state index contributed by atoms with van der Waals surface area (Å²) in [5, 5.41) is 5.73. The van der Waals surface area contributed by atoms with Crippen molar-refractivity contribution in [3.63, 3.8) is 0 Å². The predicted octanol–water partition coefficient (Wildman–Crippen LogP) is 5.11. The number of aromatic nitrogens is 1. The number of ether oxygens (including phenoxy) is 1. The van der Waals surface area contributed by atoms with Crippen molar-refractivity contribution >= 4 is 17.5 Å². The molecule has 1 aromatic heterocycles. The van der Waals surface area contributed by atoms with Crippen LogP contribution in [0.4, 0.5) is 5.69 Å². The Morgan fingerprint density at radius 2 is 1.73 bits per heavy atom. The minimum Gasteiger partial charge on any atom is -0.481 e. The second kappa shape index (κ2) is 10.8. The van der Waals surface area contributed by atoms with Gasteiger partial charge in [-0.3, -0.25) is 14.6 Å². The summed E-state index contributed by atoms with van der Waals surface area (Å²) in [6, 6.07) is 18.4. The molecule has 0 bridgehead atoms. The quantitative estimate of drug-likeness (QED) is 0.505. The number of nitrogens with zero attached hydrogens (tertiary/aromatic N) is 1. The zero-order valence-corrected chi connectivity index (χ0v) is 19.6. The topological polar surface area (TPSA) is 80.3 Å². The Hall–Kier alpha value is -3.67. The van der Waals surface area contributed by atoms with Crippen molar-refractivity contribution in [2.45, 2.75) is 52.2 Å². The highest BCUT2D eigenvalue weighted by Crippen LogP contribution is 2.25. The second-order valence-electron chi connectivity index (χ2n) is 8.87. The van der Waals surface area contributed by atoms with Gasteiger partial charge in [0.1, 0.15) is 5.75 Å². The van der Waals surface area contributed by atoms with Crippen LogP contribution in [0.5, 0.6) is 5.75 Å². The number of carbonyl (C=O) groups excluding carboxylic acids is 2. The molecular weight excluding hydrogens is 414 g/mol. The third-order valence-electron chi connectivity index (χ3n) is 5.27. The highest BCUT2D eigenvalue weighted by atomic mass is 16.5. The standard InChI is InChI=1S/C27H31N3O3/c1-5-24(33-21-14-12-20(13-15-21)27(2,3)4)26(32)30-23-11-7-6-10-22(23)25(31)29-18-19-9-8-16-28-17-19/h6-17,24H,5,18H2,1-4H3,(H,29,31)(H,30,32)/t24-/m1/s1. The highest BCUT2D eigenvalue weighted by Gasteiger charge is 2.21. The van der Waals surface area contributed by atoms with Crippen molar-refractivity contribution in [1.82, 2.24) is 10.3 Å². The van der Waals surface area contributed by atoms with Gasteiger partial charge in [-0.25, -0.2) is 0 Å². The van der Waals surface area contributed by atoms with Crippen molar-refractivity contribution in [3.05, 3.63) is 89.7 Å². The van der Waals surface area contributed by atoms with Crippen molar-refractivity contribution in [2.75, 3.05) is 5.32 Å². The number of nitrogens with one attached hydrogen (secondary N) is 2. The first-order chi connectivity index (χ1) is 15.8. The molecule has 0 fully saturated rings. The normalized spacial score (nSPS) is 12.0. The summed E-state index contributed by atoms with van der Waals surface area (Å²) < 4.78 is 5.95. The van der Waals surface area contributed by atoms with Crippen LogP contribution in [0, 0.1) is 0 Å². The zero-order chi connectivity index (χ0) is 23.8. The van der Waals surface area contributed by atoms with Crippen LogP contribution in [0.2, 0.25) is 0 Å². The molecule has 0 saturated heterocycles. The average molecular weight is 446 g/mol. The van der Waals surface area contributed by atoms with Crippen LogP contribution in [0.15, 0.2) is 73.1 Å². The SMILES string of the molecule is CC[C@@H](Oc1ccc(C(C)(C)C)cc1)C(=O)Nc1ccccc1C(=O)NCc1cccnc1. The molecule has 0 spiro atoms. The molecule has 6 heteroatoms. The van der Waals surface area contributed by atoms with E-state index in [-0.39, 0.29) is 17.2 Å². The Kier molecular flexibility index (Phi) is 7.83. The summed E-state index contributed by atoms with van der Waals surface area (Å²) in [6.07, 6.45) is 3.19. The van der Waals surface area contributed by atoms with Crippen LogP contribution >= 0.6 is 0 Å². The van der Waals surface area contributed by atoms with Gasteiger partial charge in [0, 0.05) is 18.9 Å². The van der Waals surface area contributed by atoms with Gasteiger partial charge in [-0.1, -0.05) is 58.0 Å². The fourth-order valence-corrected chi connectivity index (χ4v) is 3.30. The molecule has 3 aromatic rings. The third kappa shape index (κ3) is 6.65. The van der Waals surface area contributed by atoms with Crippen molar-refractivity contribution in [2.24, 2.45) is 0 Å². The van der Waals surface area contributed by atoms with Gasteiger partial charge in [0.2, 0.25) is 0 Å². The third-order valence-corrected chi connectivity index (χ3v) is 5.27. The summed E-state index contributed by atoms with van der Waals surface area (Å²) in [6.45, 7) is 8.68. The molecule has 2 aromatic carbocycles. The van der Waals surface area contributed by atoms with Crippen molar-refractivity contribution < 1.29 is 14.3 Å². The lowest BCUT2D eigenvalue weighted by Crippen LogP contribution is -2.33. The first-order valence-electron chi connectivity index (χ1n) is 11.1. The van der Waals surface area contributed by atoms with Crippen molar-refractivity contribution in [3.8, 4) is 5.75 Å². The van der Waals surface area contributed by atoms with E-state index < -0.39 is 6.10 Å². The summed E-state index contributed by atoms with van der Waals surface area (Å²) in [7, 11) is 0. The van der Waals surface area contributed by atoms with E-state index in [9.17, 15) is 9.59 Å². The number of hydrogen-bond acceptors (Lipinski definition) is 4. The average Bonchev–Trinajstić information content (AvgIpc) is 2.81. The number of hydrogen-bond donors (Lipinski definition) is 2. The fraction of sp³-hybridized carbons (Fsp3) is 0.296. The Morgan fingerprint density at radius 3 is 2.36 bits per heavy atom. The Labute approximate surface area is 195 Å². The molecule has 0 unspecified atom stereocenters. The number of rotatable bonds is 8. The Morgan fingerprint density at radius 1 is 1.00 bits per heavy atom. The lowest BCUT2D eigenvalue weighted by Gasteiger charge is -2.21. The molecule has 0 aliphatic heterocycles. The van der Waals surface area contributed by atoms with Gasteiger partial charge < -0.3 is 15.4 Å². The monoisotopic (exact) mass is 445 g/mol. The zero-order valence-electron chi connectivity index (χ0n) is 19.6. The molecule has 2 N–H and O–H groups in total. The van der Waals surface area contributed by atoms with E-state index in [1.807, 2.05) is 43.3 Å². The minimum atomic E-state index is -0.683. The van der Waals surface area contributed by atoms with Crippen LogP contribution in [0.1, 0.15) is 55.6 Å². The Bertz CT molecular complexity index is 1070. The number of carbonyl (C=O) groups is 2. The number of para-hydroxylation sites is 1. The van der Waals surface area contributed by atoms with Gasteiger partial charge in [0.25, 0.3) is 11.8 Å². The van der Waals surface area contributed by atoms with Gasteiger partial charge in [0.05, 0.1) is 11.3 Å².